The van der Waals surface area contributed by atoms with Gasteiger partial charge in [-0.25, -0.2) is 9.18 Å². The first kappa shape index (κ1) is 15.1. The van der Waals surface area contributed by atoms with E-state index in [0.29, 0.717) is 0 Å². The van der Waals surface area contributed by atoms with E-state index in [4.69, 9.17) is 16.4 Å². The molecule has 4 N–H and O–H groups in total. The number of nitrogens with zero attached hydrogens (tertiary/aromatic N) is 2. The van der Waals surface area contributed by atoms with E-state index in [0.717, 1.165) is 6.07 Å². The molecule has 0 aliphatic rings. The molecule has 8 heteroatoms. The number of esters is 1. The van der Waals surface area contributed by atoms with Crippen molar-refractivity contribution in [3.05, 3.63) is 29.1 Å². The van der Waals surface area contributed by atoms with Crippen molar-refractivity contribution in [2.75, 3.05) is 12.5 Å². The summed E-state index contributed by atoms with van der Waals surface area (Å²) in [5.41, 5.74) is 7.38. The minimum Gasteiger partial charge on any atom is -0.465 e. The maximum Gasteiger partial charge on any atom is 0.340 e. The van der Waals surface area contributed by atoms with Crippen molar-refractivity contribution in [1.29, 1.82) is 10.7 Å². The summed E-state index contributed by atoms with van der Waals surface area (Å²) in [5, 5.41) is 19.3. The number of hydrazone groups is 1. The number of halogens is 1. The minimum atomic E-state index is -0.688. The molecule has 104 valence electrons. The Hall–Kier alpha value is -2.95. The minimum absolute atomic E-state index is 0.00829. The Balaban J connectivity index is 3.24. The molecule has 20 heavy (non-hydrogen) atoms. The van der Waals surface area contributed by atoms with Crippen molar-refractivity contribution in [1.82, 2.24) is 0 Å². The Morgan fingerprint density at radius 3 is 2.75 bits per heavy atom. The van der Waals surface area contributed by atoms with E-state index in [9.17, 15) is 9.18 Å². The van der Waals surface area contributed by atoms with Gasteiger partial charge in [-0.3, -0.25) is 10.8 Å². The fraction of sp³-hybridized carbons (Fsp3) is 0.167. The second kappa shape index (κ2) is 6.29. The standard InChI is InChI=1S/C12H12FN5O2/c1-6-3-7(12(19)20-2)9(4-8(6)13)17-18-10(5-14)11(15)16/h3-4,17H,1-2H3,(H3,15,16)/b18-10+. The predicted molar refractivity (Wildman–Crippen MR) is 71.1 cm³/mol. The maximum absolute atomic E-state index is 13.5. The highest BCUT2D eigenvalue weighted by molar-refractivity contribution is 6.45. The summed E-state index contributed by atoms with van der Waals surface area (Å²) in [5.74, 6) is -1.80. The molecule has 7 nitrogen and oxygen atoms in total. The SMILES string of the molecule is COC(=O)c1cc(C)c(F)cc1N/N=C(\C#N)C(=N)N. The first-order valence-electron chi connectivity index (χ1n) is 5.37. The van der Waals surface area contributed by atoms with Crippen LogP contribution in [0, 0.1) is 29.5 Å². The van der Waals surface area contributed by atoms with Crippen molar-refractivity contribution in [2.45, 2.75) is 6.92 Å². The molecule has 0 amide bonds. The smallest absolute Gasteiger partial charge is 0.340 e. The zero-order chi connectivity index (χ0) is 15.3. The molecule has 0 aromatic heterocycles. The topological polar surface area (TPSA) is 124 Å². The van der Waals surface area contributed by atoms with Gasteiger partial charge in [0.2, 0.25) is 5.71 Å². The number of hydrogen-bond acceptors (Lipinski definition) is 6. The van der Waals surface area contributed by atoms with Crippen LogP contribution in [0.1, 0.15) is 15.9 Å². The molecule has 0 unspecified atom stereocenters. The molecule has 0 spiro atoms. The molecule has 0 saturated carbocycles. The summed E-state index contributed by atoms with van der Waals surface area (Å²) in [6.45, 7) is 1.49. The summed E-state index contributed by atoms with van der Waals surface area (Å²) < 4.78 is 18.1. The molecule has 0 heterocycles. The molecule has 0 fully saturated rings. The van der Waals surface area contributed by atoms with Gasteiger partial charge in [-0.15, -0.1) is 0 Å². The van der Waals surface area contributed by atoms with Crippen LogP contribution in [0.25, 0.3) is 0 Å². The number of anilines is 1. The van der Waals surface area contributed by atoms with Gasteiger partial charge >= 0.3 is 5.97 Å². The van der Waals surface area contributed by atoms with Crippen molar-refractivity contribution < 1.29 is 13.9 Å². The van der Waals surface area contributed by atoms with Gasteiger partial charge in [0, 0.05) is 0 Å². The number of aryl methyl sites for hydroxylation is 1. The molecule has 0 aliphatic carbocycles. The summed E-state index contributed by atoms with van der Waals surface area (Å²) in [6, 6.07) is 3.92. The van der Waals surface area contributed by atoms with Crippen LogP contribution >= 0.6 is 0 Å². The first-order chi connectivity index (χ1) is 9.40. The van der Waals surface area contributed by atoms with E-state index < -0.39 is 17.6 Å². The Morgan fingerprint density at radius 1 is 1.60 bits per heavy atom. The van der Waals surface area contributed by atoms with Crippen LogP contribution in [0.3, 0.4) is 0 Å². The molecule has 0 aliphatic heterocycles. The average molecular weight is 277 g/mol. The van der Waals surface area contributed by atoms with E-state index in [-0.39, 0.29) is 22.5 Å². The molecular weight excluding hydrogens is 265 g/mol. The fourth-order valence-electron chi connectivity index (χ4n) is 1.31. The third-order valence-electron chi connectivity index (χ3n) is 2.35. The number of rotatable bonds is 4. The fourth-order valence-corrected chi connectivity index (χ4v) is 1.31. The summed E-state index contributed by atoms with van der Waals surface area (Å²) in [6.07, 6.45) is 0. The lowest BCUT2D eigenvalue weighted by Gasteiger charge is -2.09. The Kier molecular flexibility index (Phi) is 4.75. The van der Waals surface area contributed by atoms with Crippen molar-refractivity contribution >= 4 is 23.2 Å². The third kappa shape index (κ3) is 3.29. The van der Waals surface area contributed by atoms with E-state index in [1.54, 1.807) is 6.07 Å². The monoisotopic (exact) mass is 277 g/mol. The molecule has 0 atom stereocenters. The molecule has 1 aromatic carbocycles. The predicted octanol–water partition coefficient (Wildman–Crippen LogP) is 1.15. The number of methoxy groups -OCH3 is 1. The Bertz CT molecular complexity index is 633. The Morgan fingerprint density at radius 2 is 2.25 bits per heavy atom. The number of amidine groups is 1. The largest absolute Gasteiger partial charge is 0.465 e. The van der Waals surface area contributed by atoms with Gasteiger partial charge in [0.1, 0.15) is 11.9 Å². The lowest BCUT2D eigenvalue weighted by atomic mass is 10.1. The number of benzene rings is 1. The lowest BCUT2D eigenvalue weighted by Crippen LogP contribution is -2.22. The highest BCUT2D eigenvalue weighted by Gasteiger charge is 2.15. The number of carbonyl (C=O) groups excluding carboxylic acids is 1. The van der Waals surface area contributed by atoms with Crippen LogP contribution in [0.5, 0.6) is 0 Å². The van der Waals surface area contributed by atoms with Gasteiger partial charge < -0.3 is 10.5 Å². The lowest BCUT2D eigenvalue weighted by molar-refractivity contribution is 0.0601. The van der Waals surface area contributed by atoms with Crippen LogP contribution in [-0.4, -0.2) is 24.6 Å². The van der Waals surface area contributed by atoms with Crippen molar-refractivity contribution in [3.8, 4) is 6.07 Å². The van der Waals surface area contributed by atoms with Crippen LogP contribution < -0.4 is 11.2 Å². The van der Waals surface area contributed by atoms with Gasteiger partial charge in [0.25, 0.3) is 0 Å². The van der Waals surface area contributed by atoms with Gasteiger partial charge in [0.05, 0.1) is 18.4 Å². The van der Waals surface area contributed by atoms with Crippen LogP contribution in [0.15, 0.2) is 17.2 Å². The normalized spacial score (nSPS) is 10.6. The summed E-state index contributed by atoms with van der Waals surface area (Å²) in [4.78, 5) is 11.6. The van der Waals surface area contributed by atoms with Crippen LogP contribution in [-0.2, 0) is 4.74 Å². The average Bonchev–Trinajstić information content (AvgIpc) is 2.41. The van der Waals surface area contributed by atoms with Gasteiger partial charge in [-0.1, -0.05) is 0 Å². The Labute approximate surface area is 114 Å². The maximum atomic E-state index is 13.5. The van der Waals surface area contributed by atoms with Crippen LogP contribution in [0.4, 0.5) is 10.1 Å². The number of hydrogen-bond donors (Lipinski definition) is 3. The zero-order valence-corrected chi connectivity index (χ0v) is 10.8. The van der Waals surface area contributed by atoms with Gasteiger partial charge in [-0.05, 0) is 24.6 Å². The molecule has 0 bridgehead atoms. The number of nitrogens with two attached hydrogens (primary N) is 1. The first-order valence-corrected chi connectivity index (χ1v) is 5.37. The number of nitrogens with one attached hydrogen (secondary N) is 2. The summed E-state index contributed by atoms with van der Waals surface area (Å²) in [7, 11) is 1.18. The quantitative estimate of drug-likeness (QED) is 0.329. The number of ether oxygens (including phenoxy) is 1. The van der Waals surface area contributed by atoms with Crippen LogP contribution in [0.2, 0.25) is 0 Å². The van der Waals surface area contributed by atoms with E-state index in [1.165, 1.54) is 20.1 Å². The molecule has 1 aromatic rings. The highest BCUT2D eigenvalue weighted by Crippen LogP contribution is 2.21. The van der Waals surface area contributed by atoms with Gasteiger partial charge in [0.15, 0.2) is 5.84 Å². The molecular formula is C12H12FN5O2. The molecule has 0 radical (unpaired) electrons. The highest BCUT2D eigenvalue weighted by atomic mass is 19.1. The van der Waals surface area contributed by atoms with Gasteiger partial charge in [-0.2, -0.15) is 10.4 Å². The third-order valence-corrected chi connectivity index (χ3v) is 2.35. The van der Waals surface area contributed by atoms with E-state index >= 15 is 0 Å². The van der Waals surface area contributed by atoms with E-state index in [2.05, 4.69) is 15.3 Å². The number of carbonyl (C=O) groups is 1. The van der Waals surface area contributed by atoms with Crippen molar-refractivity contribution in [2.24, 2.45) is 10.8 Å². The second-order valence-electron chi connectivity index (χ2n) is 3.74. The van der Waals surface area contributed by atoms with E-state index in [1.807, 2.05) is 0 Å². The number of nitriles is 1. The summed E-state index contributed by atoms with van der Waals surface area (Å²) >= 11 is 0. The molecule has 1 rings (SSSR count). The van der Waals surface area contributed by atoms with Crippen molar-refractivity contribution in [3.63, 3.8) is 0 Å². The second-order valence-corrected chi connectivity index (χ2v) is 3.74. The molecule has 0 saturated heterocycles. The zero-order valence-electron chi connectivity index (χ0n) is 10.8.